The summed E-state index contributed by atoms with van der Waals surface area (Å²) in [5.74, 6) is 0.620. The molecule has 0 spiro atoms. The first-order valence-corrected chi connectivity index (χ1v) is 6.31. The minimum absolute atomic E-state index is 0.0718. The fraction of sp³-hybridized carbons (Fsp3) is 0.267. The molecule has 0 aliphatic carbocycles. The van der Waals surface area contributed by atoms with Gasteiger partial charge < -0.3 is 14.6 Å². The van der Waals surface area contributed by atoms with Crippen molar-refractivity contribution in [1.29, 1.82) is 0 Å². The van der Waals surface area contributed by atoms with Crippen molar-refractivity contribution < 1.29 is 9.53 Å². The van der Waals surface area contributed by atoms with Crippen molar-refractivity contribution in [1.82, 2.24) is 4.57 Å². The van der Waals surface area contributed by atoms with Gasteiger partial charge >= 0.3 is 0 Å². The number of nitrogens with one attached hydrogen (secondary N) is 1. The molecule has 2 aromatic rings. The van der Waals surface area contributed by atoms with Crippen molar-refractivity contribution in [2.45, 2.75) is 26.5 Å². The van der Waals surface area contributed by atoms with Crippen LogP contribution in [0.2, 0.25) is 0 Å². The lowest BCUT2D eigenvalue weighted by Crippen LogP contribution is -2.19. The van der Waals surface area contributed by atoms with E-state index in [4.69, 9.17) is 4.74 Å². The molecular formula is C15H18N2O2. The second kappa shape index (κ2) is 6.09. The van der Waals surface area contributed by atoms with Gasteiger partial charge in [-0.1, -0.05) is 12.1 Å². The molecule has 100 valence electrons. The van der Waals surface area contributed by atoms with Crippen molar-refractivity contribution in [2.75, 3.05) is 5.32 Å². The molecule has 19 heavy (non-hydrogen) atoms. The lowest BCUT2D eigenvalue weighted by atomic mass is 10.3. The van der Waals surface area contributed by atoms with Crippen LogP contribution in [-0.2, 0) is 11.3 Å². The van der Waals surface area contributed by atoms with Gasteiger partial charge in [-0.25, -0.2) is 0 Å². The maximum atomic E-state index is 11.9. The number of carbonyl (C=O) groups excluding carboxylic acids is 1. The van der Waals surface area contributed by atoms with Crippen LogP contribution in [0.25, 0.3) is 0 Å². The molecule has 1 aromatic heterocycles. The van der Waals surface area contributed by atoms with Gasteiger partial charge in [0.2, 0.25) is 5.91 Å². The number of hydrogen-bond donors (Lipinski definition) is 1. The number of ether oxygens (including phenoxy) is 1. The van der Waals surface area contributed by atoms with Gasteiger partial charge in [-0.3, -0.25) is 4.79 Å². The number of amides is 1. The number of para-hydroxylation sites is 2. The van der Waals surface area contributed by atoms with Crippen molar-refractivity contribution in [3.63, 3.8) is 0 Å². The Morgan fingerprint density at radius 1 is 1.21 bits per heavy atom. The summed E-state index contributed by atoms with van der Waals surface area (Å²) >= 11 is 0. The van der Waals surface area contributed by atoms with E-state index in [9.17, 15) is 4.79 Å². The molecule has 1 heterocycles. The Balaban J connectivity index is 2.04. The fourth-order valence-electron chi connectivity index (χ4n) is 1.76. The number of aromatic nitrogens is 1. The Kier molecular flexibility index (Phi) is 4.23. The highest BCUT2D eigenvalue weighted by Gasteiger charge is 2.08. The first-order valence-electron chi connectivity index (χ1n) is 6.31. The molecule has 0 aliphatic heterocycles. The lowest BCUT2D eigenvalue weighted by Gasteiger charge is -2.14. The molecule has 2 rings (SSSR count). The lowest BCUT2D eigenvalue weighted by molar-refractivity contribution is -0.116. The highest BCUT2D eigenvalue weighted by molar-refractivity contribution is 5.92. The number of carbonyl (C=O) groups is 1. The van der Waals surface area contributed by atoms with E-state index in [2.05, 4.69) is 5.32 Å². The summed E-state index contributed by atoms with van der Waals surface area (Å²) in [4.78, 5) is 11.9. The van der Waals surface area contributed by atoms with Crippen LogP contribution in [0, 0.1) is 0 Å². The Morgan fingerprint density at radius 3 is 2.58 bits per heavy atom. The summed E-state index contributed by atoms with van der Waals surface area (Å²) in [5, 5.41) is 2.87. The van der Waals surface area contributed by atoms with Gasteiger partial charge in [0.05, 0.1) is 11.8 Å². The van der Waals surface area contributed by atoms with Gasteiger partial charge in [0.15, 0.2) is 0 Å². The van der Waals surface area contributed by atoms with E-state index < -0.39 is 0 Å². The van der Waals surface area contributed by atoms with Crippen molar-refractivity contribution in [3.05, 3.63) is 48.8 Å². The fourth-order valence-corrected chi connectivity index (χ4v) is 1.76. The molecular weight excluding hydrogens is 240 g/mol. The highest BCUT2D eigenvalue weighted by Crippen LogP contribution is 2.24. The van der Waals surface area contributed by atoms with Gasteiger partial charge in [0.25, 0.3) is 0 Å². The van der Waals surface area contributed by atoms with Gasteiger partial charge in [0.1, 0.15) is 12.3 Å². The van der Waals surface area contributed by atoms with E-state index in [0.29, 0.717) is 18.0 Å². The largest absolute Gasteiger partial charge is 0.489 e. The van der Waals surface area contributed by atoms with Crippen LogP contribution in [0.15, 0.2) is 48.8 Å². The summed E-state index contributed by atoms with van der Waals surface area (Å²) in [7, 11) is 0. The molecule has 1 N–H and O–H groups in total. The molecule has 0 radical (unpaired) electrons. The SMILES string of the molecule is CC(C)Oc1ccccc1NC(=O)Cn1cccc1. The Morgan fingerprint density at radius 2 is 1.89 bits per heavy atom. The molecule has 1 aromatic carbocycles. The van der Waals surface area contributed by atoms with Crippen LogP contribution in [0.3, 0.4) is 0 Å². The first-order chi connectivity index (χ1) is 9.15. The van der Waals surface area contributed by atoms with E-state index in [1.807, 2.05) is 67.2 Å². The molecule has 0 bridgehead atoms. The monoisotopic (exact) mass is 258 g/mol. The normalized spacial score (nSPS) is 10.5. The van der Waals surface area contributed by atoms with E-state index >= 15 is 0 Å². The smallest absolute Gasteiger partial charge is 0.244 e. The maximum absolute atomic E-state index is 11.9. The summed E-state index contributed by atoms with van der Waals surface area (Å²) in [6.07, 6.45) is 3.79. The van der Waals surface area contributed by atoms with Crippen LogP contribution >= 0.6 is 0 Å². The molecule has 0 unspecified atom stereocenters. The highest BCUT2D eigenvalue weighted by atomic mass is 16.5. The predicted octanol–water partition coefficient (Wildman–Crippen LogP) is 2.91. The van der Waals surface area contributed by atoms with Crippen LogP contribution in [0.4, 0.5) is 5.69 Å². The maximum Gasteiger partial charge on any atom is 0.244 e. The zero-order valence-electron chi connectivity index (χ0n) is 11.2. The number of nitrogens with zero attached hydrogens (tertiary/aromatic N) is 1. The van der Waals surface area contributed by atoms with Crippen LogP contribution in [0.1, 0.15) is 13.8 Å². The number of anilines is 1. The third kappa shape index (κ3) is 3.88. The Labute approximate surface area is 113 Å². The van der Waals surface area contributed by atoms with E-state index in [0.717, 1.165) is 0 Å². The quantitative estimate of drug-likeness (QED) is 0.896. The third-order valence-electron chi connectivity index (χ3n) is 2.52. The summed E-state index contributed by atoms with van der Waals surface area (Å²) in [6.45, 7) is 4.21. The van der Waals surface area contributed by atoms with Gasteiger partial charge in [-0.2, -0.15) is 0 Å². The van der Waals surface area contributed by atoms with Crippen LogP contribution in [0.5, 0.6) is 5.75 Å². The average molecular weight is 258 g/mol. The summed E-state index contributed by atoms with van der Waals surface area (Å²) in [6, 6.07) is 11.2. The topological polar surface area (TPSA) is 43.3 Å². The Hall–Kier alpha value is -2.23. The van der Waals surface area contributed by atoms with Crippen molar-refractivity contribution >= 4 is 11.6 Å². The predicted molar refractivity (Wildman–Crippen MR) is 75.3 cm³/mol. The van der Waals surface area contributed by atoms with Gasteiger partial charge in [-0.15, -0.1) is 0 Å². The minimum atomic E-state index is -0.0731. The minimum Gasteiger partial charge on any atom is -0.489 e. The van der Waals surface area contributed by atoms with Crippen molar-refractivity contribution in [3.8, 4) is 5.75 Å². The molecule has 0 saturated carbocycles. The Bertz CT molecular complexity index is 533. The molecule has 4 nitrogen and oxygen atoms in total. The van der Waals surface area contributed by atoms with Gasteiger partial charge in [-0.05, 0) is 38.1 Å². The molecule has 0 atom stereocenters. The summed E-state index contributed by atoms with van der Waals surface area (Å²) in [5.41, 5.74) is 0.702. The average Bonchev–Trinajstić information content (AvgIpc) is 2.83. The van der Waals surface area contributed by atoms with Gasteiger partial charge in [0, 0.05) is 12.4 Å². The third-order valence-corrected chi connectivity index (χ3v) is 2.52. The molecule has 1 amide bonds. The van der Waals surface area contributed by atoms with E-state index in [1.165, 1.54) is 0 Å². The zero-order valence-corrected chi connectivity index (χ0v) is 11.2. The standard InChI is InChI=1S/C15H18N2O2/c1-12(2)19-14-8-4-3-7-13(14)16-15(18)11-17-9-5-6-10-17/h3-10,12H,11H2,1-2H3,(H,16,18). The zero-order chi connectivity index (χ0) is 13.7. The van der Waals surface area contributed by atoms with Crippen LogP contribution in [-0.4, -0.2) is 16.6 Å². The molecule has 4 heteroatoms. The molecule has 0 saturated heterocycles. The number of hydrogen-bond acceptors (Lipinski definition) is 2. The first kappa shape index (κ1) is 13.2. The van der Waals surface area contributed by atoms with Crippen molar-refractivity contribution in [2.24, 2.45) is 0 Å². The van der Waals surface area contributed by atoms with Crippen LogP contribution < -0.4 is 10.1 Å². The van der Waals surface area contributed by atoms with E-state index in [-0.39, 0.29) is 12.0 Å². The van der Waals surface area contributed by atoms with E-state index in [1.54, 1.807) is 0 Å². The second-order valence-electron chi connectivity index (χ2n) is 4.57. The summed E-state index contributed by atoms with van der Waals surface area (Å²) < 4.78 is 7.48. The molecule has 0 fully saturated rings. The second-order valence-corrected chi connectivity index (χ2v) is 4.57. The number of rotatable bonds is 5. The number of benzene rings is 1. The molecule has 0 aliphatic rings.